The zero-order valence-electron chi connectivity index (χ0n) is 17.4. The molecule has 0 saturated carbocycles. The lowest BCUT2D eigenvalue weighted by Gasteiger charge is -2.18. The van der Waals surface area contributed by atoms with E-state index in [0.29, 0.717) is 35.8 Å². The molecule has 0 radical (unpaired) electrons. The van der Waals surface area contributed by atoms with Crippen molar-refractivity contribution in [2.45, 2.75) is 17.6 Å². The van der Waals surface area contributed by atoms with Gasteiger partial charge in [0, 0.05) is 41.0 Å². The Balaban J connectivity index is 1.80. The molecular weight excluding hydrogens is 414 g/mol. The van der Waals surface area contributed by atoms with Crippen LogP contribution in [0.25, 0.3) is 16.9 Å². The van der Waals surface area contributed by atoms with E-state index >= 15 is 0 Å². The monoisotopic (exact) mass is 437 g/mol. The second-order valence-corrected chi connectivity index (χ2v) is 7.91. The van der Waals surface area contributed by atoms with E-state index in [4.69, 9.17) is 9.47 Å². The molecule has 0 atom stereocenters. The van der Waals surface area contributed by atoms with Crippen LogP contribution in [0.1, 0.15) is 33.3 Å². The van der Waals surface area contributed by atoms with Gasteiger partial charge in [-0.3, -0.25) is 4.79 Å². The molecule has 160 valence electrons. The zero-order chi connectivity index (χ0) is 21.8. The van der Waals surface area contributed by atoms with Crippen molar-refractivity contribution in [1.29, 1.82) is 0 Å². The molecule has 1 amide bonds. The third kappa shape index (κ3) is 4.22. The summed E-state index contributed by atoms with van der Waals surface area (Å²) in [7, 11) is 1.59. The van der Waals surface area contributed by atoms with Crippen LogP contribution >= 0.6 is 11.8 Å². The Morgan fingerprint density at radius 2 is 2.03 bits per heavy atom. The summed E-state index contributed by atoms with van der Waals surface area (Å²) in [6.45, 7) is 2.92. The highest BCUT2D eigenvalue weighted by molar-refractivity contribution is 7.98. The molecule has 0 spiro atoms. The first-order valence-electron chi connectivity index (χ1n) is 10.0. The Labute approximate surface area is 184 Å². The Morgan fingerprint density at radius 1 is 1.19 bits per heavy atom. The average molecular weight is 438 g/mol. The van der Waals surface area contributed by atoms with Crippen molar-refractivity contribution in [2.24, 2.45) is 0 Å². The van der Waals surface area contributed by atoms with Gasteiger partial charge in [-0.15, -0.1) is 11.8 Å². The second kappa shape index (κ2) is 9.36. The van der Waals surface area contributed by atoms with Crippen LogP contribution in [-0.4, -0.2) is 48.5 Å². The first-order chi connectivity index (χ1) is 15.1. The number of nitrogens with zero attached hydrogens (tertiary/aromatic N) is 2. The molecule has 2 aromatic carbocycles. The molecule has 0 bridgehead atoms. The standard InChI is InChI=1S/C23H23N3O4S/c1-3-30-23(28)20-18-14-31-19-10-5-4-9-17(19)21(18)26(25-20)16-8-6-7-15(13-16)22(27)24-11-12-29-2/h4-10,13H,3,11-12,14H2,1-2H3,(H,24,27). The second-order valence-electron chi connectivity index (χ2n) is 6.89. The van der Waals surface area contributed by atoms with Crippen LogP contribution in [0.2, 0.25) is 0 Å². The van der Waals surface area contributed by atoms with Gasteiger partial charge in [-0.25, -0.2) is 9.48 Å². The van der Waals surface area contributed by atoms with Gasteiger partial charge in [-0.1, -0.05) is 24.3 Å². The third-order valence-electron chi connectivity index (χ3n) is 4.91. The number of hydrogen-bond acceptors (Lipinski definition) is 6. The number of methoxy groups -OCH3 is 1. The summed E-state index contributed by atoms with van der Waals surface area (Å²) in [6, 6.07) is 15.2. The van der Waals surface area contributed by atoms with Crippen LogP contribution in [0, 0.1) is 0 Å². The lowest BCUT2D eigenvalue weighted by Crippen LogP contribution is -2.27. The molecule has 3 aromatic rings. The molecule has 0 unspecified atom stereocenters. The van der Waals surface area contributed by atoms with Gasteiger partial charge in [-0.05, 0) is 31.2 Å². The number of carbonyl (C=O) groups excluding carboxylic acids is 2. The van der Waals surface area contributed by atoms with Crippen molar-refractivity contribution in [3.05, 3.63) is 65.4 Å². The van der Waals surface area contributed by atoms with Gasteiger partial charge in [0.1, 0.15) is 0 Å². The lowest BCUT2D eigenvalue weighted by molar-refractivity contribution is 0.0518. The molecule has 31 heavy (non-hydrogen) atoms. The molecule has 2 heterocycles. The van der Waals surface area contributed by atoms with E-state index in [0.717, 1.165) is 21.7 Å². The number of thioether (sulfide) groups is 1. The molecule has 1 aliphatic heterocycles. The number of aromatic nitrogens is 2. The normalized spacial score (nSPS) is 12.1. The number of fused-ring (bicyclic) bond motifs is 3. The Morgan fingerprint density at radius 3 is 2.84 bits per heavy atom. The van der Waals surface area contributed by atoms with Gasteiger partial charge in [0.25, 0.3) is 5.91 Å². The minimum absolute atomic E-state index is 0.193. The molecule has 1 aliphatic rings. The van der Waals surface area contributed by atoms with Crippen LogP contribution < -0.4 is 5.32 Å². The van der Waals surface area contributed by atoms with E-state index in [2.05, 4.69) is 16.5 Å². The highest BCUT2D eigenvalue weighted by atomic mass is 32.2. The van der Waals surface area contributed by atoms with Crippen molar-refractivity contribution in [1.82, 2.24) is 15.1 Å². The lowest BCUT2D eigenvalue weighted by atomic mass is 10.1. The molecule has 1 aromatic heterocycles. The fourth-order valence-corrected chi connectivity index (χ4v) is 4.57. The fraction of sp³-hybridized carbons (Fsp3) is 0.261. The first kappa shape index (κ1) is 21.1. The van der Waals surface area contributed by atoms with Gasteiger partial charge in [0.15, 0.2) is 5.69 Å². The van der Waals surface area contributed by atoms with Crippen LogP contribution in [0.4, 0.5) is 0 Å². The number of amides is 1. The van der Waals surface area contributed by atoms with Crippen molar-refractivity contribution >= 4 is 23.6 Å². The highest BCUT2D eigenvalue weighted by Crippen LogP contribution is 2.43. The SMILES string of the molecule is CCOC(=O)c1nn(-c2cccc(C(=O)NCCOC)c2)c2c1CSc1ccccc1-2. The number of carbonyl (C=O) groups is 2. The number of ether oxygens (including phenoxy) is 2. The molecule has 4 rings (SSSR count). The van der Waals surface area contributed by atoms with Gasteiger partial charge in [0.05, 0.1) is 24.6 Å². The molecule has 1 N–H and O–H groups in total. The van der Waals surface area contributed by atoms with Gasteiger partial charge in [0.2, 0.25) is 0 Å². The third-order valence-corrected chi connectivity index (χ3v) is 6.01. The first-order valence-corrected chi connectivity index (χ1v) is 11.0. The number of nitrogens with one attached hydrogen (secondary N) is 1. The van der Waals surface area contributed by atoms with E-state index in [9.17, 15) is 9.59 Å². The summed E-state index contributed by atoms with van der Waals surface area (Å²) in [5.41, 5.74) is 4.23. The molecule has 0 fully saturated rings. The van der Waals surface area contributed by atoms with Crippen molar-refractivity contribution < 1.29 is 19.1 Å². The summed E-state index contributed by atoms with van der Waals surface area (Å²) >= 11 is 1.67. The topological polar surface area (TPSA) is 82.5 Å². The number of rotatable bonds is 7. The summed E-state index contributed by atoms with van der Waals surface area (Å²) in [5, 5.41) is 7.46. The van der Waals surface area contributed by atoms with E-state index in [1.54, 1.807) is 42.6 Å². The number of hydrogen-bond donors (Lipinski definition) is 1. The predicted octanol–water partition coefficient (Wildman–Crippen LogP) is 3.70. The van der Waals surface area contributed by atoms with E-state index in [1.165, 1.54) is 0 Å². The van der Waals surface area contributed by atoms with E-state index < -0.39 is 5.97 Å². The number of benzene rings is 2. The molecular formula is C23H23N3O4S. The molecule has 7 nitrogen and oxygen atoms in total. The van der Waals surface area contributed by atoms with Gasteiger partial charge < -0.3 is 14.8 Å². The summed E-state index contributed by atoms with van der Waals surface area (Å²) in [6.07, 6.45) is 0. The fourth-order valence-electron chi connectivity index (χ4n) is 3.50. The van der Waals surface area contributed by atoms with Crippen molar-refractivity contribution in [2.75, 3.05) is 26.9 Å². The average Bonchev–Trinajstić information content (AvgIpc) is 3.20. The Bertz CT molecular complexity index is 1130. The molecule has 0 aliphatic carbocycles. The maximum absolute atomic E-state index is 12.6. The van der Waals surface area contributed by atoms with Crippen LogP contribution in [0.3, 0.4) is 0 Å². The predicted molar refractivity (Wildman–Crippen MR) is 119 cm³/mol. The maximum atomic E-state index is 12.6. The minimum Gasteiger partial charge on any atom is -0.461 e. The van der Waals surface area contributed by atoms with Crippen LogP contribution in [0.15, 0.2) is 53.4 Å². The largest absolute Gasteiger partial charge is 0.461 e. The van der Waals surface area contributed by atoms with E-state index in [-0.39, 0.29) is 12.5 Å². The van der Waals surface area contributed by atoms with Gasteiger partial charge in [-0.2, -0.15) is 5.10 Å². The highest BCUT2D eigenvalue weighted by Gasteiger charge is 2.30. The Kier molecular flexibility index (Phi) is 6.39. The summed E-state index contributed by atoms with van der Waals surface area (Å²) < 4.78 is 12.0. The molecule has 0 saturated heterocycles. The smallest absolute Gasteiger partial charge is 0.359 e. The van der Waals surface area contributed by atoms with Crippen LogP contribution in [0.5, 0.6) is 0 Å². The maximum Gasteiger partial charge on any atom is 0.359 e. The van der Waals surface area contributed by atoms with Crippen molar-refractivity contribution in [3.63, 3.8) is 0 Å². The van der Waals surface area contributed by atoms with Crippen LogP contribution in [-0.2, 0) is 15.2 Å². The zero-order valence-corrected chi connectivity index (χ0v) is 18.2. The quantitative estimate of drug-likeness (QED) is 0.448. The minimum atomic E-state index is -0.439. The molecule has 8 heteroatoms. The van der Waals surface area contributed by atoms with E-state index in [1.807, 2.05) is 30.3 Å². The summed E-state index contributed by atoms with van der Waals surface area (Å²) in [4.78, 5) is 26.3. The van der Waals surface area contributed by atoms with Gasteiger partial charge >= 0.3 is 5.97 Å². The summed E-state index contributed by atoms with van der Waals surface area (Å²) in [5.74, 6) is -0.00929. The Hall–Kier alpha value is -3.10. The van der Waals surface area contributed by atoms with Crippen molar-refractivity contribution in [3.8, 4) is 16.9 Å². The number of esters is 1.